The SMILES string of the molecule is COc1ccc(C2CC(c3ccccc3)=NN2C(=O)CON=CC2=CCC3CC2C3(C)C)cc1. The van der Waals surface area contributed by atoms with Crippen molar-refractivity contribution in [3.63, 3.8) is 0 Å². The molecule has 1 amide bonds. The Bertz CT molecular complexity index is 1140. The maximum Gasteiger partial charge on any atom is 0.283 e. The third-order valence-electron chi connectivity index (χ3n) is 7.75. The lowest BCUT2D eigenvalue weighted by Crippen LogP contribution is -2.48. The number of rotatable bonds is 7. The van der Waals surface area contributed by atoms with Crippen LogP contribution >= 0.6 is 0 Å². The van der Waals surface area contributed by atoms with E-state index in [1.165, 1.54) is 12.0 Å². The van der Waals surface area contributed by atoms with Gasteiger partial charge in [0, 0.05) is 6.42 Å². The molecule has 2 bridgehead atoms. The zero-order chi connectivity index (χ0) is 23.7. The first-order valence-corrected chi connectivity index (χ1v) is 11.9. The minimum atomic E-state index is -0.217. The number of allylic oxidation sites excluding steroid dienone is 2. The van der Waals surface area contributed by atoms with Gasteiger partial charge in [0.05, 0.1) is 25.1 Å². The smallest absolute Gasteiger partial charge is 0.283 e. The average molecular weight is 458 g/mol. The quantitative estimate of drug-likeness (QED) is 0.415. The van der Waals surface area contributed by atoms with Crippen molar-refractivity contribution in [1.82, 2.24) is 5.01 Å². The molecule has 6 rings (SSSR count). The molecule has 3 unspecified atom stereocenters. The Morgan fingerprint density at radius 2 is 1.94 bits per heavy atom. The van der Waals surface area contributed by atoms with Crippen LogP contribution in [0.3, 0.4) is 0 Å². The van der Waals surface area contributed by atoms with Gasteiger partial charge >= 0.3 is 0 Å². The Labute approximate surface area is 200 Å². The summed E-state index contributed by atoms with van der Waals surface area (Å²) >= 11 is 0. The molecule has 0 spiro atoms. The van der Waals surface area contributed by atoms with Crippen LogP contribution in [0.15, 0.2) is 76.5 Å². The van der Waals surface area contributed by atoms with Crippen LogP contribution in [0.1, 0.15) is 50.3 Å². The molecule has 6 nitrogen and oxygen atoms in total. The number of ether oxygens (including phenoxy) is 1. The lowest BCUT2D eigenvalue weighted by Gasteiger charge is -2.55. The molecule has 0 radical (unpaired) electrons. The van der Waals surface area contributed by atoms with Crippen molar-refractivity contribution in [1.29, 1.82) is 0 Å². The van der Waals surface area contributed by atoms with Gasteiger partial charge in [0.2, 0.25) is 0 Å². The van der Waals surface area contributed by atoms with E-state index in [9.17, 15) is 4.79 Å². The first kappa shape index (κ1) is 22.4. The van der Waals surface area contributed by atoms with E-state index in [0.29, 0.717) is 17.8 Å². The molecular weight excluding hydrogens is 426 g/mol. The lowest BCUT2D eigenvalue weighted by atomic mass is 9.49. The molecule has 2 aromatic carbocycles. The molecule has 1 fully saturated rings. The zero-order valence-electron chi connectivity index (χ0n) is 20.0. The molecule has 1 saturated carbocycles. The Morgan fingerprint density at radius 1 is 1.18 bits per heavy atom. The number of oxime groups is 1. The minimum Gasteiger partial charge on any atom is -0.497 e. The fraction of sp³-hybridized carbons (Fsp3) is 0.393. The first-order valence-electron chi connectivity index (χ1n) is 11.9. The molecule has 6 heteroatoms. The summed E-state index contributed by atoms with van der Waals surface area (Å²) in [4.78, 5) is 18.6. The van der Waals surface area contributed by atoms with Crippen LogP contribution in [0.2, 0.25) is 0 Å². The normalized spacial score (nSPS) is 24.9. The summed E-state index contributed by atoms with van der Waals surface area (Å²) in [6.07, 6.45) is 7.00. The second-order valence-electron chi connectivity index (χ2n) is 9.90. The average Bonchev–Trinajstić information content (AvgIpc) is 3.33. The predicted molar refractivity (Wildman–Crippen MR) is 133 cm³/mol. The van der Waals surface area contributed by atoms with Gasteiger partial charge in [-0.3, -0.25) is 4.79 Å². The standard InChI is InChI=1S/C28H31N3O3/c1-28(2)22-12-9-21(24(28)15-22)17-29-34-18-27(32)31-26(20-10-13-23(33-3)14-11-20)16-25(30-31)19-7-5-4-6-8-19/h4-11,13-14,17,22,24,26H,12,15-16,18H2,1-3H3. The largest absolute Gasteiger partial charge is 0.497 e. The number of amides is 1. The number of methoxy groups -OCH3 is 1. The van der Waals surface area contributed by atoms with Crippen LogP contribution in [0, 0.1) is 17.3 Å². The van der Waals surface area contributed by atoms with Crippen molar-refractivity contribution in [3.05, 3.63) is 77.4 Å². The van der Waals surface area contributed by atoms with E-state index in [0.717, 1.165) is 34.9 Å². The van der Waals surface area contributed by atoms with Crippen molar-refractivity contribution in [2.45, 2.75) is 39.2 Å². The highest BCUT2D eigenvalue weighted by Crippen LogP contribution is 2.58. The molecule has 4 aliphatic rings. The fourth-order valence-electron chi connectivity index (χ4n) is 5.43. The fourth-order valence-corrected chi connectivity index (χ4v) is 5.43. The van der Waals surface area contributed by atoms with Gasteiger partial charge in [0.15, 0.2) is 6.61 Å². The number of carbonyl (C=O) groups is 1. The summed E-state index contributed by atoms with van der Waals surface area (Å²) < 4.78 is 5.29. The lowest BCUT2D eigenvalue weighted by molar-refractivity contribution is -0.137. The molecule has 0 saturated heterocycles. The van der Waals surface area contributed by atoms with Gasteiger partial charge < -0.3 is 9.57 Å². The third kappa shape index (κ3) is 4.13. The van der Waals surface area contributed by atoms with Crippen molar-refractivity contribution in [3.8, 4) is 5.75 Å². The monoisotopic (exact) mass is 457 g/mol. The zero-order valence-corrected chi connectivity index (χ0v) is 20.0. The van der Waals surface area contributed by atoms with Crippen molar-refractivity contribution >= 4 is 17.8 Å². The van der Waals surface area contributed by atoms with Gasteiger partial charge in [0.1, 0.15) is 5.75 Å². The summed E-state index contributed by atoms with van der Waals surface area (Å²) in [7, 11) is 1.64. The maximum atomic E-state index is 13.1. The van der Waals surface area contributed by atoms with E-state index < -0.39 is 0 Å². The van der Waals surface area contributed by atoms with Gasteiger partial charge in [-0.1, -0.05) is 67.5 Å². The first-order chi connectivity index (χ1) is 16.5. The van der Waals surface area contributed by atoms with E-state index in [1.807, 2.05) is 54.6 Å². The summed E-state index contributed by atoms with van der Waals surface area (Å²) in [5.74, 6) is 1.87. The van der Waals surface area contributed by atoms with Gasteiger partial charge in [0.25, 0.3) is 5.91 Å². The van der Waals surface area contributed by atoms with Crippen molar-refractivity contribution in [2.75, 3.05) is 13.7 Å². The van der Waals surface area contributed by atoms with E-state index in [2.05, 4.69) is 25.1 Å². The van der Waals surface area contributed by atoms with Crippen LogP contribution in [0.5, 0.6) is 5.75 Å². The highest BCUT2D eigenvalue weighted by molar-refractivity contribution is 6.03. The summed E-state index contributed by atoms with van der Waals surface area (Å²) in [5, 5.41) is 10.4. The summed E-state index contributed by atoms with van der Waals surface area (Å²) in [6, 6.07) is 17.5. The molecule has 176 valence electrons. The topological polar surface area (TPSA) is 63.5 Å². The van der Waals surface area contributed by atoms with E-state index in [1.54, 1.807) is 18.3 Å². The molecule has 3 aliphatic carbocycles. The van der Waals surface area contributed by atoms with Gasteiger partial charge in [-0.2, -0.15) is 5.10 Å². The number of hydrogen-bond donors (Lipinski definition) is 0. The number of hydrazone groups is 1. The van der Waals surface area contributed by atoms with Crippen molar-refractivity contribution < 1.29 is 14.4 Å². The number of benzene rings is 2. The van der Waals surface area contributed by atoms with Gasteiger partial charge in [-0.15, -0.1) is 0 Å². The van der Waals surface area contributed by atoms with Crippen molar-refractivity contribution in [2.24, 2.45) is 27.5 Å². The molecule has 3 atom stereocenters. The van der Waals surface area contributed by atoms with E-state index in [4.69, 9.17) is 14.7 Å². The molecule has 2 aromatic rings. The van der Waals surface area contributed by atoms with Crippen LogP contribution in [0.25, 0.3) is 0 Å². The molecule has 0 N–H and O–H groups in total. The second kappa shape index (κ2) is 9.09. The Hall–Kier alpha value is -3.41. The molecular formula is C28H31N3O3. The predicted octanol–water partition coefficient (Wildman–Crippen LogP) is 5.37. The number of carbonyl (C=O) groups excluding carboxylic acids is 1. The molecule has 0 aromatic heterocycles. The van der Waals surface area contributed by atoms with Crippen LogP contribution in [0.4, 0.5) is 0 Å². The Balaban J connectivity index is 1.28. The van der Waals surface area contributed by atoms with Crippen LogP contribution in [-0.2, 0) is 9.63 Å². The number of nitrogens with zero attached hydrogens (tertiary/aromatic N) is 3. The Morgan fingerprint density at radius 3 is 2.62 bits per heavy atom. The van der Waals surface area contributed by atoms with E-state index in [-0.39, 0.29) is 18.6 Å². The van der Waals surface area contributed by atoms with Gasteiger partial charge in [-0.25, -0.2) is 5.01 Å². The highest BCUT2D eigenvalue weighted by atomic mass is 16.6. The number of hydrogen-bond acceptors (Lipinski definition) is 5. The second-order valence-corrected chi connectivity index (χ2v) is 9.90. The Kier molecular flexibility index (Phi) is 5.98. The molecule has 1 heterocycles. The molecule has 1 aliphatic heterocycles. The summed E-state index contributed by atoms with van der Waals surface area (Å²) in [5.41, 5.74) is 4.45. The van der Waals surface area contributed by atoms with Crippen LogP contribution < -0.4 is 4.74 Å². The minimum absolute atomic E-state index is 0.154. The number of fused-ring (bicyclic) bond motifs is 1. The maximum absolute atomic E-state index is 13.1. The third-order valence-corrected chi connectivity index (χ3v) is 7.75. The summed E-state index contributed by atoms with van der Waals surface area (Å²) in [6.45, 7) is 4.50. The van der Waals surface area contributed by atoms with Gasteiger partial charge in [-0.05, 0) is 58.9 Å². The van der Waals surface area contributed by atoms with E-state index >= 15 is 0 Å². The molecule has 34 heavy (non-hydrogen) atoms. The van der Waals surface area contributed by atoms with Crippen LogP contribution in [-0.4, -0.2) is 36.6 Å². The highest BCUT2D eigenvalue weighted by Gasteiger charge is 2.50.